The van der Waals surface area contributed by atoms with Crippen LogP contribution in [0, 0.1) is 6.92 Å². The van der Waals surface area contributed by atoms with Gasteiger partial charge in [0.05, 0.1) is 24.3 Å². The summed E-state index contributed by atoms with van der Waals surface area (Å²) in [4.78, 5) is 5.02. The van der Waals surface area contributed by atoms with Crippen molar-refractivity contribution in [2.24, 2.45) is 0 Å². The van der Waals surface area contributed by atoms with E-state index in [1.54, 1.807) is 0 Å². The molecule has 1 aliphatic heterocycles. The fraction of sp³-hybridized carbons (Fsp3) is 0.444. The van der Waals surface area contributed by atoms with Crippen molar-refractivity contribution in [2.45, 2.75) is 65.6 Å². The second-order valence-electron chi connectivity index (χ2n) is 9.48. The van der Waals surface area contributed by atoms with Crippen LogP contribution in [0.3, 0.4) is 0 Å². The number of aryl methyl sites for hydroxylation is 3. The smallest absolute Gasteiger partial charge is 0.122 e. The van der Waals surface area contributed by atoms with Gasteiger partial charge in [-0.15, -0.1) is 0 Å². The minimum atomic E-state index is -0.474. The lowest BCUT2D eigenvalue weighted by atomic mass is 9.88. The molecule has 1 aromatic heterocycles. The number of nitrogens with zero attached hydrogens (tertiary/aromatic N) is 1. The van der Waals surface area contributed by atoms with E-state index in [1.165, 1.54) is 11.1 Å². The van der Waals surface area contributed by atoms with Gasteiger partial charge in [0.2, 0.25) is 0 Å². The first-order valence-corrected chi connectivity index (χ1v) is 12.2. The number of pyridine rings is 1. The Balaban J connectivity index is 2.06. The summed E-state index contributed by atoms with van der Waals surface area (Å²) in [6, 6.07) is 10.7. The Morgan fingerprint density at radius 3 is 2.69 bits per heavy atom. The molecule has 4 nitrogen and oxygen atoms in total. The highest BCUT2D eigenvalue weighted by Crippen LogP contribution is 2.42. The molecular weight excluding hydrogens is 466 g/mol. The van der Waals surface area contributed by atoms with Crippen LogP contribution >= 0.6 is 15.9 Å². The molecule has 3 aromatic rings. The zero-order chi connectivity index (χ0) is 23.0. The zero-order valence-corrected chi connectivity index (χ0v) is 21.2. The maximum Gasteiger partial charge on any atom is 0.122 e. The van der Waals surface area contributed by atoms with Crippen molar-refractivity contribution in [2.75, 3.05) is 13.2 Å². The van der Waals surface area contributed by atoms with Crippen LogP contribution in [0.4, 0.5) is 0 Å². The summed E-state index contributed by atoms with van der Waals surface area (Å²) in [6.45, 7) is 10.9. The molecule has 0 aliphatic carbocycles. The van der Waals surface area contributed by atoms with Crippen LogP contribution < -0.4 is 4.74 Å². The molecule has 0 amide bonds. The average molecular weight is 498 g/mol. The Labute approximate surface area is 199 Å². The largest absolute Gasteiger partial charge is 0.493 e. The second-order valence-corrected chi connectivity index (χ2v) is 10.4. The number of fused-ring (bicyclic) bond motifs is 2. The second kappa shape index (κ2) is 9.12. The number of hydrogen-bond acceptors (Lipinski definition) is 4. The first-order chi connectivity index (χ1) is 15.2. The van der Waals surface area contributed by atoms with E-state index in [0.29, 0.717) is 0 Å². The van der Waals surface area contributed by atoms with Gasteiger partial charge in [0.15, 0.2) is 0 Å². The fourth-order valence-corrected chi connectivity index (χ4v) is 5.14. The number of ether oxygens (including phenoxy) is 2. The molecule has 5 heteroatoms. The van der Waals surface area contributed by atoms with Gasteiger partial charge >= 0.3 is 0 Å². The summed E-state index contributed by atoms with van der Waals surface area (Å²) in [5, 5.41) is 11.4. The van der Waals surface area contributed by atoms with Crippen LogP contribution in [0.5, 0.6) is 5.75 Å². The molecule has 0 unspecified atom stereocenters. The molecule has 2 heterocycles. The van der Waals surface area contributed by atoms with Crippen LogP contribution in [0.15, 0.2) is 34.8 Å². The number of hydrogen-bond donors (Lipinski definition) is 1. The summed E-state index contributed by atoms with van der Waals surface area (Å²) < 4.78 is 13.2. The summed E-state index contributed by atoms with van der Waals surface area (Å²) in [5.41, 5.74) is 7.06. The van der Waals surface area contributed by atoms with E-state index in [-0.39, 0.29) is 6.61 Å². The standard InChI is InChI=1S/C27H32BrNO3/c1-6-17-13-20(28)14-21-25(19-9-10-22-18(12-19)8-7-11-31-22)24(16(2)29-26(17)21)23(15-30)32-27(3,4)5/h9-10,12-14,23,30H,6-8,11,15H2,1-5H3/t23-/m1/s1. The number of rotatable bonds is 5. The van der Waals surface area contributed by atoms with Crippen molar-refractivity contribution >= 4 is 26.8 Å². The van der Waals surface area contributed by atoms with Gasteiger partial charge in [0, 0.05) is 21.1 Å². The normalized spacial score (nSPS) is 14.8. The van der Waals surface area contributed by atoms with Gasteiger partial charge in [-0.05, 0) is 93.5 Å². The van der Waals surface area contributed by atoms with Gasteiger partial charge in [-0.3, -0.25) is 4.98 Å². The molecule has 0 bridgehead atoms. The maximum absolute atomic E-state index is 10.4. The zero-order valence-electron chi connectivity index (χ0n) is 19.6. The maximum atomic E-state index is 10.4. The average Bonchev–Trinajstić information content (AvgIpc) is 2.75. The molecule has 0 fully saturated rings. The number of aromatic nitrogens is 1. The molecule has 1 aliphatic rings. The van der Waals surface area contributed by atoms with E-state index < -0.39 is 11.7 Å². The number of aliphatic hydroxyl groups excluding tert-OH is 1. The van der Waals surface area contributed by atoms with Crippen molar-refractivity contribution in [1.82, 2.24) is 4.98 Å². The lowest BCUT2D eigenvalue weighted by Gasteiger charge is -2.30. The Morgan fingerprint density at radius 1 is 1.22 bits per heavy atom. The molecule has 0 spiro atoms. The van der Waals surface area contributed by atoms with E-state index in [9.17, 15) is 5.11 Å². The van der Waals surface area contributed by atoms with Crippen molar-refractivity contribution in [1.29, 1.82) is 0 Å². The third-order valence-electron chi connectivity index (χ3n) is 5.92. The van der Waals surface area contributed by atoms with Crippen LogP contribution in [-0.2, 0) is 17.6 Å². The predicted octanol–water partition coefficient (Wildman–Crippen LogP) is 6.71. The van der Waals surface area contributed by atoms with Crippen LogP contribution in [0.2, 0.25) is 0 Å². The van der Waals surface area contributed by atoms with E-state index >= 15 is 0 Å². The highest BCUT2D eigenvalue weighted by molar-refractivity contribution is 9.10. The Hall–Kier alpha value is -1.95. The minimum Gasteiger partial charge on any atom is -0.493 e. The number of halogens is 1. The third kappa shape index (κ3) is 4.57. The first-order valence-electron chi connectivity index (χ1n) is 11.4. The fourth-order valence-electron chi connectivity index (χ4n) is 4.64. The van der Waals surface area contributed by atoms with Gasteiger partial charge in [0.1, 0.15) is 11.9 Å². The molecule has 4 rings (SSSR count). The van der Waals surface area contributed by atoms with Crippen LogP contribution in [-0.4, -0.2) is 28.9 Å². The van der Waals surface area contributed by atoms with Gasteiger partial charge in [0.25, 0.3) is 0 Å². The van der Waals surface area contributed by atoms with Gasteiger partial charge in [-0.2, -0.15) is 0 Å². The van der Waals surface area contributed by atoms with E-state index in [2.05, 4.69) is 53.2 Å². The number of aliphatic hydroxyl groups is 1. The highest BCUT2D eigenvalue weighted by Gasteiger charge is 2.27. The summed E-state index contributed by atoms with van der Waals surface area (Å²) in [6.07, 6.45) is 2.45. The summed E-state index contributed by atoms with van der Waals surface area (Å²) >= 11 is 3.71. The highest BCUT2D eigenvalue weighted by atomic mass is 79.9. The van der Waals surface area contributed by atoms with Crippen LogP contribution in [0.1, 0.15) is 62.6 Å². The molecule has 2 aromatic carbocycles. The van der Waals surface area contributed by atoms with Gasteiger partial charge in [-0.25, -0.2) is 0 Å². The lowest BCUT2D eigenvalue weighted by molar-refractivity contribution is -0.0823. The van der Waals surface area contributed by atoms with Crippen molar-refractivity contribution in [3.05, 3.63) is 57.2 Å². The summed E-state index contributed by atoms with van der Waals surface area (Å²) in [7, 11) is 0. The molecule has 0 saturated carbocycles. The third-order valence-corrected chi connectivity index (χ3v) is 6.38. The Kier molecular flexibility index (Phi) is 6.62. The Bertz CT molecular complexity index is 1150. The quantitative estimate of drug-likeness (QED) is 0.425. The molecule has 1 atom stereocenters. The topological polar surface area (TPSA) is 51.6 Å². The van der Waals surface area contributed by atoms with E-state index in [4.69, 9.17) is 14.5 Å². The van der Waals surface area contributed by atoms with Gasteiger partial charge < -0.3 is 14.6 Å². The molecular formula is C27H32BrNO3. The minimum absolute atomic E-state index is 0.110. The molecule has 32 heavy (non-hydrogen) atoms. The van der Waals surface area contributed by atoms with Crippen molar-refractivity contribution in [3.8, 4) is 16.9 Å². The lowest BCUT2D eigenvalue weighted by Crippen LogP contribution is -2.25. The summed E-state index contributed by atoms with van der Waals surface area (Å²) in [5.74, 6) is 0.969. The number of benzene rings is 2. The predicted molar refractivity (Wildman–Crippen MR) is 133 cm³/mol. The molecule has 170 valence electrons. The van der Waals surface area contributed by atoms with E-state index in [0.717, 1.165) is 69.4 Å². The van der Waals surface area contributed by atoms with Crippen molar-refractivity contribution < 1.29 is 14.6 Å². The SMILES string of the molecule is CCc1cc(Br)cc2c(-c3ccc4c(c3)CCCO4)c([C@@H](CO)OC(C)(C)C)c(C)nc12. The van der Waals surface area contributed by atoms with Crippen LogP contribution in [0.25, 0.3) is 22.0 Å². The van der Waals surface area contributed by atoms with Crippen molar-refractivity contribution in [3.63, 3.8) is 0 Å². The first kappa shape index (κ1) is 23.2. The molecule has 1 N–H and O–H groups in total. The molecule has 0 saturated heterocycles. The Morgan fingerprint density at radius 2 is 2.00 bits per heavy atom. The van der Waals surface area contributed by atoms with Gasteiger partial charge in [-0.1, -0.05) is 28.9 Å². The monoisotopic (exact) mass is 497 g/mol. The van der Waals surface area contributed by atoms with E-state index in [1.807, 2.05) is 27.7 Å². The molecule has 0 radical (unpaired) electrons.